The average Bonchev–Trinajstić information content (AvgIpc) is 3.14. The Kier molecular flexibility index (Phi) is 5.68. The number of methoxy groups -OCH3 is 2. The zero-order chi connectivity index (χ0) is 23.9. The van der Waals surface area contributed by atoms with E-state index in [0.717, 1.165) is 30.0 Å². The first kappa shape index (κ1) is 22.8. The Morgan fingerprint density at radius 1 is 0.879 bits per heavy atom. The lowest BCUT2D eigenvalue weighted by Gasteiger charge is -2.39. The van der Waals surface area contributed by atoms with E-state index in [2.05, 4.69) is 31.2 Å². The van der Waals surface area contributed by atoms with Crippen molar-refractivity contribution in [3.8, 4) is 11.5 Å². The number of oxime groups is 1. The summed E-state index contributed by atoms with van der Waals surface area (Å²) in [5.41, 5.74) is 0.528. The highest BCUT2D eigenvalue weighted by Crippen LogP contribution is 2.71. The molecule has 1 amide bonds. The van der Waals surface area contributed by atoms with Crippen LogP contribution in [-0.2, 0) is 9.63 Å². The van der Waals surface area contributed by atoms with E-state index < -0.39 is 11.4 Å². The fraction of sp³-hybridized carbons (Fsp3) is 0.423. The van der Waals surface area contributed by atoms with Crippen molar-refractivity contribution in [3.05, 3.63) is 54.1 Å². The number of benzene rings is 2. The predicted molar refractivity (Wildman–Crippen MR) is 126 cm³/mol. The second kappa shape index (κ2) is 8.21. The van der Waals surface area contributed by atoms with Gasteiger partial charge in [-0.15, -0.1) is 0 Å². The van der Waals surface area contributed by atoms with Gasteiger partial charge in [-0.3, -0.25) is 4.79 Å². The number of nitrogens with zero attached hydrogens (tertiary/aromatic N) is 1. The molecule has 174 valence electrons. The summed E-state index contributed by atoms with van der Waals surface area (Å²) in [5.74, 6) is 0.818. The molecule has 7 nitrogen and oxygen atoms in total. The third kappa shape index (κ3) is 3.56. The number of anilines is 1. The van der Waals surface area contributed by atoms with Gasteiger partial charge in [0.2, 0.25) is 5.91 Å². The number of nitrogens with one attached hydrogen (secondary N) is 1. The Balaban J connectivity index is 1.54. The van der Waals surface area contributed by atoms with Crippen molar-refractivity contribution in [2.75, 3.05) is 19.5 Å². The first-order valence-electron chi connectivity index (χ1n) is 11.1. The number of hydrogen-bond acceptors (Lipinski definition) is 6. The quantitative estimate of drug-likeness (QED) is 0.490. The van der Waals surface area contributed by atoms with Crippen molar-refractivity contribution in [3.63, 3.8) is 0 Å². The molecular formula is C26H30N2O5. The number of fused-ring (bicyclic) bond motifs is 2. The maximum absolute atomic E-state index is 13.6. The molecule has 2 atom stereocenters. The minimum Gasteiger partial charge on any atom is -0.497 e. The standard InChI is InChI=1S/C26H30N2O5/c1-24(2)25(3)14-15-26(24,23(30)27-18-8-12-20(32-5)13-9-18)16-21(25)28-33-22(29)17-6-10-19(31-4)11-7-17/h6-13H,14-16H2,1-5H3,(H,27,30). The predicted octanol–water partition coefficient (Wildman–Crippen LogP) is 5.07. The number of ether oxygens (including phenoxy) is 2. The van der Waals surface area contributed by atoms with E-state index in [1.165, 1.54) is 0 Å². The van der Waals surface area contributed by atoms with E-state index in [0.29, 0.717) is 17.7 Å². The maximum atomic E-state index is 13.6. The monoisotopic (exact) mass is 450 g/mol. The Labute approximate surface area is 194 Å². The van der Waals surface area contributed by atoms with Gasteiger partial charge in [-0.1, -0.05) is 25.9 Å². The highest BCUT2D eigenvalue weighted by molar-refractivity contribution is 6.06. The van der Waals surface area contributed by atoms with Crippen LogP contribution in [0.1, 0.15) is 50.4 Å². The molecule has 2 saturated carbocycles. The van der Waals surface area contributed by atoms with Gasteiger partial charge >= 0.3 is 5.97 Å². The van der Waals surface area contributed by atoms with Crippen LogP contribution in [-0.4, -0.2) is 31.8 Å². The molecule has 2 aromatic rings. The minimum absolute atomic E-state index is 0.0342. The third-order valence-electron chi connectivity index (χ3n) is 8.08. The van der Waals surface area contributed by atoms with E-state index in [1.54, 1.807) is 38.5 Å². The second-order valence-corrected chi connectivity index (χ2v) is 9.54. The molecule has 0 heterocycles. The fourth-order valence-corrected chi connectivity index (χ4v) is 5.32. The Morgan fingerprint density at radius 2 is 1.45 bits per heavy atom. The Morgan fingerprint density at radius 3 is 2.03 bits per heavy atom. The summed E-state index contributed by atoms with van der Waals surface area (Å²) < 4.78 is 10.3. The summed E-state index contributed by atoms with van der Waals surface area (Å²) in [6.07, 6.45) is 2.01. The molecule has 0 radical (unpaired) electrons. The minimum atomic E-state index is -0.632. The van der Waals surface area contributed by atoms with Crippen LogP contribution in [0, 0.1) is 16.2 Å². The number of rotatable bonds is 6. The molecule has 0 saturated heterocycles. The van der Waals surface area contributed by atoms with E-state index in [4.69, 9.17) is 14.3 Å². The molecule has 2 fully saturated rings. The normalized spacial score (nSPS) is 26.2. The highest BCUT2D eigenvalue weighted by Gasteiger charge is 2.71. The van der Waals surface area contributed by atoms with Gasteiger partial charge in [0.05, 0.1) is 30.9 Å². The van der Waals surface area contributed by atoms with Crippen molar-refractivity contribution in [2.45, 2.75) is 40.0 Å². The van der Waals surface area contributed by atoms with Crippen molar-refractivity contribution in [1.82, 2.24) is 0 Å². The summed E-state index contributed by atoms with van der Waals surface area (Å²) in [7, 11) is 3.17. The molecule has 2 aromatic carbocycles. The van der Waals surface area contributed by atoms with Gasteiger partial charge in [0.25, 0.3) is 0 Å². The molecule has 0 aliphatic heterocycles. The molecule has 4 rings (SSSR count). The fourth-order valence-electron chi connectivity index (χ4n) is 5.32. The lowest BCUT2D eigenvalue weighted by molar-refractivity contribution is -0.130. The molecule has 33 heavy (non-hydrogen) atoms. The van der Waals surface area contributed by atoms with Crippen molar-refractivity contribution in [2.24, 2.45) is 21.4 Å². The number of carbonyl (C=O) groups excluding carboxylic acids is 2. The molecule has 2 aliphatic rings. The van der Waals surface area contributed by atoms with Crippen LogP contribution in [0.25, 0.3) is 0 Å². The van der Waals surface area contributed by atoms with Crippen LogP contribution in [0.2, 0.25) is 0 Å². The molecule has 7 heteroatoms. The van der Waals surface area contributed by atoms with E-state index in [1.807, 2.05) is 24.3 Å². The Hall–Kier alpha value is -3.35. The second-order valence-electron chi connectivity index (χ2n) is 9.54. The van der Waals surface area contributed by atoms with Crippen LogP contribution in [0.4, 0.5) is 5.69 Å². The summed E-state index contributed by atoms with van der Waals surface area (Å²) in [6, 6.07) is 14.0. The van der Waals surface area contributed by atoms with E-state index >= 15 is 0 Å². The van der Waals surface area contributed by atoms with Crippen LogP contribution in [0.15, 0.2) is 53.7 Å². The molecular weight excluding hydrogens is 420 g/mol. The molecule has 0 aromatic heterocycles. The first-order chi connectivity index (χ1) is 15.7. The summed E-state index contributed by atoms with van der Waals surface area (Å²) >= 11 is 0. The number of amides is 1. The molecule has 0 spiro atoms. The van der Waals surface area contributed by atoms with Crippen LogP contribution in [0.3, 0.4) is 0 Å². The lowest BCUT2D eigenvalue weighted by atomic mass is 9.64. The van der Waals surface area contributed by atoms with Crippen molar-refractivity contribution in [1.29, 1.82) is 0 Å². The topological polar surface area (TPSA) is 86.2 Å². The van der Waals surface area contributed by atoms with Crippen LogP contribution >= 0.6 is 0 Å². The van der Waals surface area contributed by atoms with Gasteiger partial charge in [0, 0.05) is 17.5 Å². The largest absolute Gasteiger partial charge is 0.497 e. The SMILES string of the molecule is COc1ccc(NC(=O)C23CCC(C)(C(=NOC(=O)c4ccc(OC)cc4)C2)C3(C)C)cc1. The van der Waals surface area contributed by atoms with Crippen LogP contribution in [0.5, 0.6) is 11.5 Å². The van der Waals surface area contributed by atoms with Crippen molar-refractivity contribution < 1.29 is 23.9 Å². The molecule has 2 aliphatic carbocycles. The van der Waals surface area contributed by atoms with Gasteiger partial charge < -0.3 is 19.6 Å². The van der Waals surface area contributed by atoms with Crippen molar-refractivity contribution >= 4 is 23.3 Å². The smallest absolute Gasteiger partial charge is 0.365 e. The third-order valence-corrected chi connectivity index (χ3v) is 8.08. The maximum Gasteiger partial charge on any atom is 0.365 e. The zero-order valence-electron chi connectivity index (χ0n) is 19.7. The van der Waals surface area contributed by atoms with Gasteiger partial charge in [0.15, 0.2) is 0 Å². The molecule has 2 unspecified atom stereocenters. The first-order valence-corrected chi connectivity index (χ1v) is 11.1. The zero-order valence-corrected chi connectivity index (χ0v) is 19.7. The van der Waals surface area contributed by atoms with Crippen LogP contribution < -0.4 is 14.8 Å². The van der Waals surface area contributed by atoms with E-state index in [9.17, 15) is 9.59 Å². The van der Waals surface area contributed by atoms with Gasteiger partial charge in [0.1, 0.15) is 11.5 Å². The average molecular weight is 451 g/mol. The lowest BCUT2D eigenvalue weighted by Crippen LogP contribution is -2.43. The van der Waals surface area contributed by atoms with Gasteiger partial charge in [-0.05, 0) is 66.8 Å². The number of hydrogen-bond donors (Lipinski definition) is 1. The Bertz CT molecular complexity index is 1090. The summed E-state index contributed by atoms with van der Waals surface area (Å²) in [6.45, 7) is 6.34. The van der Waals surface area contributed by atoms with E-state index in [-0.39, 0.29) is 16.7 Å². The summed E-state index contributed by atoms with van der Waals surface area (Å²) in [5, 5.41) is 7.37. The van der Waals surface area contributed by atoms with Gasteiger partial charge in [-0.2, -0.15) is 0 Å². The highest BCUT2D eigenvalue weighted by atomic mass is 16.7. The number of carbonyl (C=O) groups is 2. The van der Waals surface area contributed by atoms with Gasteiger partial charge in [-0.25, -0.2) is 4.79 Å². The molecule has 1 N–H and O–H groups in total. The molecule has 2 bridgehead atoms. The summed E-state index contributed by atoms with van der Waals surface area (Å²) in [4.78, 5) is 31.4.